The molecule has 2 rings (SSSR count). The van der Waals surface area contributed by atoms with Gasteiger partial charge in [-0.2, -0.15) is 5.10 Å². The van der Waals surface area contributed by atoms with Crippen LogP contribution >= 0.6 is 0 Å². The van der Waals surface area contributed by atoms with Gasteiger partial charge in [0.2, 0.25) is 5.91 Å². The Morgan fingerprint density at radius 1 is 1.31 bits per heavy atom. The second kappa shape index (κ2) is 9.34. The van der Waals surface area contributed by atoms with Crippen molar-refractivity contribution >= 4 is 5.91 Å². The minimum Gasteiger partial charge on any atom is -0.394 e. The first kappa shape index (κ1) is 19.9. The average molecular weight is 355 g/mol. The van der Waals surface area contributed by atoms with E-state index in [2.05, 4.69) is 17.0 Å². The minimum absolute atomic E-state index is 0.0496. The second-order valence-electron chi connectivity index (χ2n) is 6.90. The maximum absolute atomic E-state index is 12.3. The van der Waals surface area contributed by atoms with Crippen molar-refractivity contribution in [2.24, 2.45) is 0 Å². The molecule has 0 unspecified atom stereocenters. The molecule has 0 spiro atoms. The molecule has 1 aromatic heterocycles. The van der Waals surface area contributed by atoms with Gasteiger partial charge < -0.3 is 10.4 Å². The molecule has 0 aliphatic rings. The number of hydrogen-bond acceptors (Lipinski definition) is 3. The molecule has 0 aliphatic heterocycles. The highest BCUT2D eigenvalue weighted by atomic mass is 16.3. The minimum atomic E-state index is -0.266. The summed E-state index contributed by atoms with van der Waals surface area (Å²) in [6, 6.07) is 9.60. The predicted octanol–water partition coefficient (Wildman–Crippen LogP) is 2.73. The van der Waals surface area contributed by atoms with Crippen LogP contribution in [-0.2, 0) is 24.2 Å². The number of benzene rings is 1. The van der Waals surface area contributed by atoms with Crippen molar-refractivity contribution in [3.63, 3.8) is 0 Å². The maximum atomic E-state index is 12.3. The molecule has 0 fully saturated rings. The Morgan fingerprint density at radius 3 is 2.62 bits per heavy atom. The number of hydrogen-bond donors (Lipinski definition) is 2. The van der Waals surface area contributed by atoms with Crippen molar-refractivity contribution in [1.29, 1.82) is 0 Å². The van der Waals surface area contributed by atoms with Gasteiger partial charge >= 0.3 is 0 Å². The molecule has 140 valence electrons. The van der Waals surface area contributed by atoms with Crippen LogP contribution in [-0.4, -0.2) is 33.4 Å². The quantitative estimate of drug-likeness (QED) is 0.680. The first-order valence-corrected chi connectivity index (χ1v) is 9.02. The summed E-state index contributed by atoms with van der Waals surface area (Å²) in [4.78, 5) is 12.3. The summed E-state index contributed by atoms with van der Waals surface area (Å²) in [5, 5.41) is 17.0. The monoisotopic (exact) mass is 355 g/mol. The highest BCUT2D eigenvalue weighted by molar-refractivity contribution is 5.76. The van der Waals surface area contributed by atoms with Crippen molar-refractivity contribution < 1.29 is 9.90 Å². The van der Waals surface area contributed by atoms with Crippen LogP contribution in [0.15, 0.2) is 42.5 Å². The van der Waals surface area contributed by atoms with E-state index in [0.29, 0.717) is 25.8 Å². The van der Waals surface area contributed by atoms with Crippen LogP contribution in [0.3, 0.4) is 0 Å². The fourth-order valence-electron chi connectivity index (χ4n) is 3.10. The Morgan fingerprint density at radius 2 is 2.00 bits per heavy atom. The third-order valence-corrected chi connectivity index (χ3v) is 4.46. The van der Waals surface area contributed by atoms with Gasteiger partial charge in [-0.25, -0.2) is 0 Å². The number of carbonyl (C=O) groups is 1. The van der Waals surface area contributed by atoms with Crippen molar-refractivity contribution in [3.05, 3.63) is 65.0 Å². The molecule has 0 bridgehead atoms. The van der Waals surface area contributed by atoms with Crippen LogP contribution < -0.4 is 5.32 Å². The molecule has 5 nitrogen and oxygen atoms in total. The molecule has 26 heavy (non-hydrogen) atoms. The summed E-state index contributed by atoms with van der Waals surface area (Å²) in [5.41, 5.74) is 5.30. The average Bonchev–Trinajstić information content (AvgIpc) is 2.86. The number of nitrogens with zero attached hydrogens (tertiary/aromatic N) is 2. The van der Waals surface area contributed by atoms with Crippen LogP contribution in [0.2, 0.25) is 0 Å². The predicted molar refractivity (Wildman–Crippen MR) is 104 cm³/mol. The Labute approximate surface area is 155 Å². The summed E-state index contributed by atoms with van der Waals surface area (Å²) in [6.45, 7) is 10.5. The Bertz CT molecular complexity index is 750. The molecule has 1 aromatic carbocycles. The van der Waals surface area contributed by atoms with E-state index in [4.69, 9.17) is 0 Å². The third-order valence-electron chi connectivity index (χ3n) is 4.46. The lowest BCUT2D eigenvalue weighted by atomic mass is 10.1. The molecular weight excluding hydrogens is 326 g/mol. The smallest absolute Gasteiger partial charge is 0.220 e. The number of aryl methyl sites for hydroxylation is 1. The van der Waals surface area contributed by atoms with Crippen molar-refractivity contribution in [3.8, 4) is 0 Å². The summed E-state index contributed by atoms with van der Waals surface area (Å²) in [5.74, 6) is -0.0496. The van der Waals surface area contributed by atoms with Crippen molar-refractivity contribution in [2.45, 2.75) is 52.6 Å². The van der Waals surface area contributed by atoms with E-state index in [1.54, 1.807) is 0 Å². The van der Waals surface area contributed by atoms with Crippen LogP contribution in [0.25, 0.3) is 0 Å². The van der Waals surface area contributed by atoms with E-state index < -0.39 is 0 Å². The SMILES string of the molecule is C=C(C)Cn1nc(C)c(CCC(=O)N[C@@H](CO)Cc2ccccc2)c1C. The van der Waals surface area contributed by atoms with E-state index >= 15 is 0 Å². The fourth-order valence-corrected chi connectivity index (χ4v) is 3.10. The molecule has 0 saturated carbocycles. The van der Waals surface area contributed by atoms with Crippen LogP contribution in [0, 0.1) is 13.8 Å². The van der Waals surface area contributed by atoms with Gasteiger partial charge in [0.25, 0.3) is 0 Å². The lowest BCUT2D eigenvalue weighted by molar-refractivity contribution is -0.122. The number of aliphatic hydroxyl groups is 1. The van der Waals surface area contributed by atoms with Gasteiger partial charge in [0.05, 0.1) is 24.9 Å². The topological polar surface area (TPSA) is 67.2 Å². The molecule has 0 aliphatic carbocycles. The van der Waals surface area contributed by atoms with Gasteiger partial charge in [-0.1, -0.05) is 42.5 Å². The highest BCUT2D eigenvalue weighted by Gasteiger charge is 2.15. The Balaban J connectivity index is 1.91. The van der Waals surface area contributed by atoms with E-state index in [-0.39, 0.29) is 18.6 Å². The van der Waals surface area contributed by atoms with E-state index in [1.165, 1.54) is 0 Å². The van der Waals surface area contributed by atoms with Gasteiger partial charge in [0.15, 0.2) is 0 Å². The highest BCUT2D eigenvalue weighted by Crippen LogP contribution is 2.16. The number of allylic oxidation sites excluding steroid dienone is 1. The Kier molecular flexibility index (Phi) is 7.16. The van der Waals surface area contributed by atoms with Crippen LogP contribution in [0.4, 0.5) is 0 Å². The number of aliphatic hydroxyl groups excluding tert-OH is 1. The zero-order valence-electron chi connectivity index (χ0n) is 16.0. The summed E-state index contributed by atoms with van der Waals surface area (Å²) in [7, 11) is 0. The summed E-state index contributed by atoms with van der Waals surface area (Å²) >= 11 is 0. The summed E-state index contributed by atoms with van der Waals surface area (Å²) < 4.78 is 1.94. The van der Waals surface area contributed by atoms with Crippen molar-refractivity contribution in [1.82, 2.24) is 15.1 Å². The van der Waals surface area contributed by atoms with Crippen molar-refractivity contribution in [2.75, 3.05) is 6.61 Å². The van der Waals surface area contributed by atoms with Gasteiger partial charge in [0.1, 0.15) is 0 Å². The van der Waals surface area contributed by atoms with Gasteiger partial charge in [-0.15, -0.1) is 0 Å². The number of nitrogens with one attached hydrogen (secondary N) is 1. The number of aromatic nitrogens is 2. The standard InChI is InChI=1S/C21H29N3O2/c1-15(2)13-24-17(4)20(16(3)23-24)10-11-21(26)22-19(14-25)12-18-8-6-5-7-9-18/h5-9,19,25H,1,10-14H2,2-4H3,(H,22,26)/t19-/m1/s1. The molecule has 1 atom stereocenters. The zero-order chi connectivity index (χ0) is 19.1. The normalized spacial score (nSPS) is 12.0. The van der Waals surface area contributed by atoms with E-state index in [0.717, 1.165) is 28.1 Å². The molecule has 5 heteroatoms. The molecule has 1 amide bonds. The molecule has 2 N–H and O–H groups in total. The van der Waals surface area contributed by atoms with Gasteiger partial charge in [-0.3, -0.25) is 9.48 Å². The molecule has 1 heterocycles. The lowest BCUT2D eigenvalue weighted by Gasteiger charge is -2.16. The lowest BCUT2D eigenvalue weighted by Crippen LogP contribution is -2.39. The summed E-state index contributed by atoms with van der Waals surface area (Å²) in [6.07, 6.45) is 1.65. The number of carbonyl (C=O) groups excluding carboxylic acids is 1. The fraction of sp³-hybridized carbons (Fsp3) is 0.429. The molecule has 0 radical (unpaired) electrons. The van der Waals surface area contributed by atoms with Crippen LogP contribution in [0.1, 0.15) is 35.9 Å². The maximum Gasteiger partial charge on any atom is 0.220 e. The Hall–Kier alpha value is -2.40. The first-order chi connectivity index (χ1) is 12.4. The number of amides is 1. The first-order valence-electron chi connectivity index (χ1n) is 9.02. The van der Waals surface area contributed by atoms with Gasteiger partial charge in [-0.05, 0) is 44.7 Å². The largest absolute Gasteiger partial charge is 0.394 e. The van der Waals surface area contributed by atoms with E-state index in [1.807, 2.05) is 55.8 Å². The van der Waals surface area contributed by atoms with Crippen LogP contribution in [0.5, 0.6) is 0 Å². The second-order valence-corrected chi connectivity index (χ2v) is 6.90. The number of rotatable bonds is 9. The van der Waals surface area contributed by atoms with Gasteiger partial charge in [0, 0.05) is 12.1 Å². The van der Waals surface area contributed by atoms with E-state index in [9.17, 15) is 9.90 Å². The molecule has 0 saturated heterocycles. The zero-order valence-corrected chi connectivity index (χ0v) is 16.0. The third kappa shape index (κ3) is 5.56. The molecule has 2 aromatic rings. The molecular formula is C21H29N3O2.